The number of carbonyl (C=O) groups is 1. The molecule has 4 nitrogen and oxygen atoms in total. The Bertz CT molecular complexity index is 488. The predicted octanol–water partition coefficient (Wildman–Crippen LogP) is 1.24. The third-order valence-electron chi connectivity index (χ3n) is 1.95. The molecule has 0 heterocycles. The maximum atomic E-state index is 11.0. The number of sulfone groups is 1. The minimum absolute atomic E-state index is 0.0618. The van der Waals surface area contributed by atoms with Gasteiger partial charge in [-0.3, -0.25) is 0 Å². The monoisotopic (exact) mass is 228 g/mol. The molecule has 0 saturated carbocycles. The summed E-state index contributed by atoms with van der Waals surface area (Å²) in [6.07, 6.45) is 1.15. The fraction of sp³-hybridized carbons (Fsp3) is 0.300. The molecule has 0 aromatic heterocycles. The first kappa shape index (κ1) is 11.7. The Morgan fingerprint density at radius 1 is 1.40 bits per heavy atom. The quantitative estimate of drug-likeness (QED) is 0.844. The molecule has 0 aliphatic heterocycles. The van der Waals surface area contributed by atoms with E-state index in [-0.39, 0.29) is 11.3 Å². The van der Waals surface area contributed by atoms with Crippen LogP contribution in [-0.2, 0) is 15.6 Å². The van der Waals surface area contributed by atoms with Crippen LogP contribution in [0.3, 0.4) is 0 Å². The molecule has 0 amide bonds. The predicted molar refractivity (Wildman–Crippen MR) is 56.7 cm³/mol. The highest BCUT2D eigenvalue weighted by molar-refractivity contribution is 7.89. The molecule has 0 atom stereocenters. The smallest absolute Gasteiger partial charge is 0.335 e. The molecule has 0 fully saturated rings. The summed E-state index contributed by atoms with van der Waals surface area (Å²) in [6, 6.07) is 4.54. The van der Waals surface area contributed by atoms with Crippen LogP contribution in [-0.4, -0.2) is 25.7 Å². The number of carboxylic acid groups (broad SMARTS) is 1. The lowest BCUT2D eigenvalue weighted by Gasteiger charge is -2.04. The fourth-order valence-electron chi connectivity index (χ4n) is 1.36. The molecule has 82 valence electrons. The van der Waals surface area contributed by atoms with Gasteiger partial charge >= 0.3 is 5.97 Å². The number of carboxylic acids is 1. The third-order valence-corrected chi connectivity index (χ3v) is 2.81. The zero-order valence-corrected chi connectivity index (χ0v) is 9.34. The topological polar surface area (TPSA) is 71.4 Å². The van der Waals surface area contributed by atoms with Crippen LogP contribution in [0.2, 0.25) is 0 Å². The van der Waals surface area contributed by atoms with Gasteiger partial charge in [-0.25, -0.2) is 13.2 Å². The van der Waals surface area contributed by atoms with Crippen molar-refractivity contribution in [3.63, 3.8) is 0 Å². The number of aromatic carboxylic acids is 1. The van der Waals surface area contributed by atoms with Gasteiger partial charge in [-0.15, -0.1) is 0 Å². The lowest BCUT2D eigenvalue weighted by molar-refractivity contribution is 0.0696. The lowest BCUT2D eigenvalue weighted by atomic mass is 10.1. The average molecular weight is 228 g/mol. The van der Waals surface area contributed by atoms with Gasteiger partial charge in [0.2, 0.25) is 0 Å². The van der Waals surface area contributed by atoms with E-state index in [1.807, 2.05) is 0 Å². The maximum Gasteiger partial charge on any atom is 0.335 e. The van der Waals surface area contributed by atoms with E-state index in [2.05, 4.69) is 0 Å². The van der Waals surface area contributed by atoms with Crippen molar-refractivity contribution in [2.45, 2.75) is 12.7 Å². The Labute approximate surface area is 88.5 Å². The van der Waals surface area contributed by atoms with Crippen molar-refractivity contribution in [2.75, 3.05) is 6.26 Å². The summed E-state index contributed by atoms with van der Waals surface area (Å²) in [7, 11) is -3.07. The Kier molecular flexibility index (Phi) is 3.14. The number of rotatable bonds is 3. The molecule has 0 saturated heterocycles. The summed E-state index contributed by atoms with van der Waals surface area (Å²) < 4.78 is 22.0. The fourth-order valence-corrected chi connectivity index (χ4v) is 2.14. The van der Waals surface area contributed by atoms with E-state index in [1.165, 1.54) is 12.1 Å². The van der Waals surface area contributed by atoms with Gasteiger partial charge in [-0.05, 0) is 24.1 Å². The summed E-state index contributed by atoms with van der Waals surface area (Å²) in [6.45, 7) is 1.65. The van der Waals surface area contributed by atoms with Crippen molar-refractivity contribution in [3.05, 3.63) is 34.9 Å². The van der Waals surface area contributed by atoms with E-state index in [9.17, 15) is 13.2 Å². The number of aryl methyl sites for hydroxylation is 1. The third kappa shape index (κ3) is 3.36. The molecule has 0 unspecified atom stereocenters. The molecule has 0 aliphatic carbocycles. The normalized spacial score (nSPS) is 11.3. The van der Waals surface area contributed by atoms with E-state index >= 15 is 0 Å². The number of benzene rings is 1. The molecule has 0 radical (unpaired) electrons. The Morgan fingerprint density at radius 2 is 2.00 bits per heavy atom. The number of hydrogen-bond donors (Lipinski definition) is 1. The van der Waals surface area contributed by atoms with Gasteiger partial charge in [0.25, 0.3) is 0 Å². The highest BCUT2D eigenvalue weighted by atomic mass is 32.2. The minimum atomic E-state index is -3.07. The van der Waals surface area contributed by atoms with Crippen LogP contribution in [0, 0.1) is 6.92 Å². The molecule has 5 heteroatoms. The van der Waals surface area contributed by atoms with Gasteiger partial charge in [-0.1, -0.05) is 12.1 Å². The van der Waals surface area contributed by atoms with Gasteiger partial charge < -0.3 is 5.11 Å². The van der Waals surface area contributed by atoms with Crippen molar-refractivity contribution in [3.8, 4) is 0 Å². The molecule has 0 aliphatic rings. The molecule has 1 aromatic carbocycles. The van der Waals surface area contributed by atoms with E-state index in [1.54, 1.807) is 13.0 Å². The number of hydrogen-bond acceptors (Lipinski definition) is 3. The van der Waals surface area contributed by atoms with Crippen molar-refractivity contribution >= 4 is 15.8 Å². The SMILES string of the molecule is Cc1cc(CS(C)(=O)=O)ccc1C(=O)O. The second-order valence-electron chi connectivity index (χ2n) is 3.52. The highest BCUT2D eigenvalue weighted by Crippen LogP contribution is 2.13. The zero-order valence-electron chi connectivity index (χ0n) is 8.52. The van der Waals surface area contributed by atoms with E-state index in [4.69, 9.17) is 5.11 Å². The van der Waals surface area contributed by atoms with Crippen molar-refractivity contribution in [1.82, 2.24) is 0 Å². The summed E-state index contributed by atoms with van der Waals surface area (Å²) in [5.74, 6) is -1.06. The lowest BCUT2D eigenvalue weighted by Crippen LogP contribution is -2.04. The summed E-state index contributed by atoms with van der Waals surface area (Å²) in [4.78, 5) is 10.7. The van der Waals surface area contributed by atoms with Crippen LogP contribution in [0.15, 0.2) is 18.2 Å². The molecule has 0 bridgehead atoms. The van der Waals surface area contributed by atoms with Crippen LogP contribution in [0.5, 0.6) is 0 Å². The van der Waals surface area contributed by atoms with E-state index in [0.717, 1.165) is 6.26 Å². The van der Waals surface area contributed by atoms with Gasteiger partial charge in [0.1, 0.15) is 0 Å². The molecular formula is C10H12O4S. The standard InChI is InChI=1S/C10H12O4S/c1-7-5-8(6-15(2,13)14)3-4-9(7)10(11)12/h3-5H,6H2,1-2H3,(H,11,12). The van der Waals surface area contributed by atoms with Crippen molar-refractivity contribution in [2.24, 2.45) is 0 Å². The summed E-state index contributed by atoms with van der Waals surface area (Å²) in [5, 5.41) is 8.77. The second-order valence-corrected chi connectivity index (χ2v) is 5.66. The van der Waals surface area contributed by atoms with Crippen molar-refractivity contribution < 1.29 is 18.3 Å². The van der Waals surface area contributed by atoms with Crippen LogP contribution < -0.4 is 0 Å². The first-order valence-electron chi connectivity index (χ1n) is 4.30. The first-order chi connectivity index (χ1) is 6.79. The molecular weight excluding hydrogens is 216 g/mol. The Morgan fingerprint density at radius 3 is 2.40 bits per heavy atom. The van der Waals surface area contributed by atoms with E-state index in [0.29, 0.717) is 11.1 Å². The summed E-state index contributed by atoms with van der Waals surface area (Å²) in [5.41, 5.74) is 1.39. The second kappa shape index (κ2) is 4.02. The van der Waals surface area contributed by atoms with Gasteiger partial charge in [0.05, 0.1) is 11.3 Å². The van der Waals surface area contributed by atoms with Gasteiger partial charge in [0.15, 0.2) is 9.84 Å². The van der Waals surface area contributed by atoms with E-state index < -0.39 is 15.8 Å². The van der Waals surface area contributed by atoms with Crippen LogP contribution in [0.4, 0.5) is 0 Å². The molecule has 1 rings (SSSR count). The Hall–Kier alpha value is -1.36. The maximum absolute atomic E-state index is 11.0. The van der Waals surface area contributed by atoms with Crippen LogP contribution in [0.25, 0.3) is 0 Å². The zero-order chi connectivity index (χ0) is 11.6. The molecule has 1 aromatic rings. The Balaban J connectivity index is 3.07. The molecule has 1 N–H and O–H groups in total. The van der Waals surface area contributed by atoms with Crippen LogP contribution >= 0.6 is 0 Å². The van der Waals surface area contributed by atoms with Crippen LogP contribution in [0.1, 0.15) is 21.5 Å². The average Bonchev–Trinajstić information content (AvgIpc) is 1.99. The van der Waals surface area contributed by atoms with Crippen molar-refractivity contribution in [1.29, 1.82) is 0 Å². The van der Waals surface area contributed by atoms with Gasteiger partial charge in [0, 0.05) is 6.26 Å². The van der Waals surface area contributed by atoms with Gasteiger partial charge in [-0.2, -0.15) is 0 Å². The highest BCUT2D eigenvalue weighted by Gasteiger charge is 2.09. The summed E-state index contributed by atoms with van der Waals surface area (Å²) >= 11 is 0. The molecule has 15 heavy (non-hydrogen) atoms. The molecule has 0 spiro atoms. The largest absolute Gasteiger partial charge is 0.478 e. The first-order valence-corrected chi connectivity index (χ1v) is 6.36. The minimum Gasteiger partial charge on any atom is -0.478 e.